The van der Waals surface area contributed by atoms with Crippen LogP contribution in [0.5, 0.6) is 0 Å². The van der Waals surface area contributed by atoms with E-state index in [1.165, 1.54) is 6.07 Å². The molecule has 1 aromatic carbocycles. The molecule has 216 valence electrons. The SMILES string of the molecule is O=C(N[C@H]1C[C@H](C(=O)N[C@H](c2c(F)ccc(Cl)c2Cl)C23CCC(F)(CC2)C3)C[C@H]1O)c1ccc(C(F)(F)F)nn1. The number of carbonyl (C=O) groups excluding carboxylic acids is 2. The van der Waals surface area contributed by atoms with Crippen LogP contribution >= 0.6 is 23.2 Å². The van der Waals surface area contributed by atoms with E-state index in [0.717, 1.165) is 12.1 Å². The Hall–Kier alpha value is -2.57. The second kappa shape index (κ2) is 10.4. The van der Waals surface area contributed by atoms with E-state index < -0.39 is 70.4 Å². The highest BCUT2D eigenvalue weighted by molar-refractivity contribution is 6.42. The molecule has 1 aromatic heterocycles. The van der Waals surface area contributed by atoms with E-state index >= 15 is 8.78 Å². The number of benzene rings is 1. The first-order chi connectivity index (χ1) is 18.7. The van der Waals surface area contributed by atoms with E-state index in [9.17, 15) is 27.9 Å². The van der Waals surface area contributed by atoms with Crippen LogP contribution in [0.15, 0.2) is 24.3 Å². The Morgan fingerprint density at radius 3 is 2.33 bits per heavy atom. The largest absolute Gasteiger partial charge is 0.435 e. The Morgan fingerprint density at radius 1 is 1.05 bits per heavy atom. The monoisotopic (exact) mass is 606 g/mol. The molecule has 3 aliphatic rings. The van der Waals surface area contributed by atoms with Gasteiger partial charge in [0.25, 0.3) is 5.91 Å². The maximum atomic E-state index is 15.2. The fourth-order valence-corrected chi connectivity index (χ4v) is 6.83. The number of amides is 2. The van der Waals surface area contributed by atoms with E-state index in [1.807, 2.05) is 0 Å². The smallest absolute Gasteiger partial charge is 0.391 e. The molecule has 0 radical (unpaired) electrons. The third-order valence-electron chi connectivity index (χ3n) is 8.48. The van der Waals surface area contributed by atoms with Gasteiger partial charge >= 0.3 is 6.18 Å². The summed E-state index contributed by atoms with van der Waals surface area (Å²) in [5.41, 5.74) is -3.84. The zero-order chi connectivity index (χ0) is 29.0. The fraction of sp³-hybridized carbons (Fsp3) is 0.538. The number of nitrogens with zero attached hydrogens (tertiary/aromatic N) is 2. The molecule has 0 aliphatic heterocycles. The molecule has 40 heavy (non-hydrogen) atoms. The summed E-state index contributed by atoms with van der Waals surface area (Å²) in [5, 5.41) is 22.2. The first kappa shape index (κ1) is 28.9. The Labute approximate surface area is 235 Å². The van der Waals surface area contributed by atoms with Gasteiger partial charge in [0.05, 0.1) is 28.2 Å². The Kier molecular flexibility index (Phi) is 7.50. The molecule has 5 rings (SSSR count). The lowest BCUT2D eigenvalue weighted by Gasteiger charge is -2.38. The maximum absolute atomic E-state index is 15.2. The van der Waals surface area contributed by atoms with Crippen molar-refractivity contribution in [1.82, 2.24) is 20.8 Å². The van der Waals surface area contributed by atoms with Crippen LogP contribution < -0.4 is 10.6 Å². The molecule has 14 heteroatoms. The van der Waals surface area contributed by atoms with Crippen LogP contribution in [0.2, 0.25) is 10.0 Å². The van der Waals surface area contributed by atoms with Crippen molar-refractivity contribution >= 4 is 35.0 Å². The van der Waals surface area contributed by atoms with Crippen molar-refractivity contribution in [3.8, 4) is 0 Å². The average Bonchev–Trinajstić information content (AvgIpc) is 3.56. The molecule has 3 fully saturated rings. The number of alkyl halides is 4. The Balaban J connectivity index is 1.32. The van der Waals surface area contributed by atoms with Crippen LogP contribution in [0.3, 0.4) is 0 Å². The summed E-state index contributed by atoms with van der Waals surface area (Å²) >= 11 is 12.6. The van der Waals surface area contributed by atoms with Gasteiger partial charge in [-0.05, 0) is 74.6 Å². The number of fused-ring (bicyclic) bond motifs is 2. The van der Waals surface area contributed by atoms with Gasteiger partial charge < -0.3 is 15.7 Å². The van der Waals surface area contributed by atoms with Crippen molar-refractivity contribution in [1.29, 1.82) is 0 Å². The highest BCUT2D eigenvalue weighted by Crippen LogP contribution is 2.64. The van der Waals surface area contributed by atoms with Crippen LogP contribution in [-0.4, -0.2) is 44.9 Å². The van der Waals surface area contributed by atoms with E-state index in [0.29, 0.717) is 18.9 Å². The molecule has 3 saturated carbocycles. The van der Waals surface area contributed by atoms with E-state index in [1.54, 1.807) is 0 Å². The molecule has 2 bridgehead atoms. The van der Waals surface area contributed by atoms with Crippen molar-refractivity contribution in [3.05, 3.63) is 57.1 Å². The van der Waals surface area contributed by atoms with E-state index in [-0.39, 0.29) is 47.7 Å². The summed E-state index contributed by atoms with van der Waals surface area (Å²) in [6.45, 7) is 0. The molecule has 2 aromatic rings. The third-order valence-corrected chi connectivity index (χ3v) is 9.30. The van der Waals surface area contributed by atoms with Gasteiger partial charge in [0.2, 0.25) is 5.91 Å². The molecule has 7 nitrogen and oxygen atoms in total. The number of halogens is 7. The molecule has 0 saturated heterocycles. The molecule has 1 heterocycles. The number of carbonyl (C=O) groups is 2. The number of nitrogens with one attached hydrogen (secondary N) is 2. The van der Waals surface area contributed by atoms with Crippen LogP contribution in [0.4, 0.5) is 22.0 Å². The minimum atomic E-state index is -4.72. The van der Waals surface area contributed by atoms with Crippen molar-refractivity contribution < 1.29 is 36.6 Å². The summed E-state index contributed by atoms with van der Waals surface area (Å²) < 4.78 is 68.5. The fourth-order valence-electron chi connectivity index (χ4n) is 6.40. The molecule has 3 aliphatic carbocycles. The maximum Gasteiger partial charge on any atom is 0.435 e. The summed E-state index contributed by atoms with van der Waals surface area (Å²) in [6.07, 6.45) is -4.41. The molecular weight excluding hydrogens is 582 g/mol. The molecule has 2 amide bonds. The first-order valence-corrected chi connectivity index (χ1v) is 13.5. The normalized spacial score (nSPS) is 30.4. The van der Waals surface area contributed by atoms with Crippen LogP contribution in [0, 0.1) is 17.2 Å². The standard InChI is InChI=1S/C26H25Cl2F5N4O3/c27-13-1-2-14(29)19(20(13)28)21(24-5-7-25(30,11-24)8-6-24)35-22(39)12-9-16(17(38)10-12)34-23(40)15-3-4-18(37-36-15)26(31,32)33/h1-4,12,16-17,21,38H,5-11H2,(H,34,40)(H,35,39)/t12-,16-,17+,21+,24?,25?/m0/s1. The molecule has 4 atom stereocenters. The third kappa shape index (κ3) is 5.37. The second-order valence-electron chi connectivity index (χ2n) is 11.0. The number of rotatable bonds is 6. The van der Waals surface area contributed by atoms with Gasteiger partial charge in [0, 0.05) is 11.5 Å². The number of aromatic nitrogens is 2. The predicted octanol–water partition coefficient (Wildman–Crippen LogP) is 5.34. The van der Waals surface area contributed by atoms with Crippen molar-refractivity contribution in [2.45, 2.75) is 75.0 Å². The van der Waals surface area contributed by atoms with Crippen LogP contribution in [0.25, 0.3) is 0 Å². The minimum absolute atomic E-state index is 0.00860. The number of aliphatic hydroxyl groups excluding tert-OH is 1. The lowest BCUT2D eigenvalue weighted by atomic mass is 9.74. The van der Waals surface area contributed by atoms with Gasteiger partial charge in [-0.15, -0.1) is 10.2 Å². The highest BCUT2D eigenvalue weighted by Gasteiger charge is 2.59. The quantitative estimate of drug-likeness (QED) is 0.304. The van der Waals surface area contributed by atoms with Gasteiger partial charge in [-0.1, -0.05) is 23.2 Å². The topological polar surface area (TPSA) is 104 Å². The summed E-state index contributed by atoms with van der Waals surface area (Å²) in [4.78, 5) is 26.0. The average molecular weight is 607 g/mol. The lowest BCUT2D eigenvalue weighted by molar-refractivity contribution is -0.141. The molecule has 0 unspecified atom stereocenters. The summed E-state index contributed by atoms with van der Waals surface area (Å²) in [7, 11) is 0. The summed E-state index contributed by atoms with van der Waals surface area (Å²) in [5.74, 6) is -2.90. The van der Waals surface area contributed by atoms with Gasteiger partial charge in [-0.25, -0.2) is 8.78 Å². The van der Waals surface area contributed by atoms with E-state index in [4.69, 9.17) is 23.2 Å². The zero-order valence-corrected chi connectivity index (χ0v) is 22.4. The molecule has 3 N–H and O–H groups in total. The molecule has 0 spiro atoms. The van der Waals surface area contributed by atoms with Gasteiger partial charge in [-0.3, -0.25) is 9.59 Å². The first-order valence-electron chi connectivity index (χ1n) is 12.7. The van der Waals surface area contributed by atoms with Crippen molar-refractivity contribution in [3.63, 3.8) is 0 Å². The van der Waals surface area contributed by atoms with Gasteiger partial charge in [0.1, 0.15) is 11.5 Å². The van der Waals surface area contributed by atoms with E-state index in [2.05, 4.69) is 20.8 Å². The van der Waals surface area contributed by atoms with Gasteiger partial charge in [-0.2, -0.15) is 13.2 Å². The number of hydrogen-bond donors (Lipinski definition) is 3. The Morgan fingerprint density at radius 2 is 1.75 bits per heavy atom. The summed E-state index contributed by atoms with van der Waals surface area (Å²) in [6, 6.07) is 2.02. The van der Waals surface area contributed by atoms with Crippen molar-refractivity contribution in [2.24, 2.45) is 11.3 Å². The van der Waals surface area contributed by atoms with Crippen LogP contribution in [-0.2, 0) is 11.0 Å². The highest BCUT2D eigenvalue weighted by atomic mass is 35.5. The molecular formula is C26H25Cl2F5N4O3. The van der Waals surface area contributed by atoms with Crippen LogP contribution in [0.1, 0.15) is 72.7 Å². The van der Waals surface area contributed by atoms with Gasteiger partial charge in [0.15, 0.2) is 11.4 Å². The zero-order valence-electron chi connectivity index (χ0n) is 20.9. The second-order valence-corrected chi connectivity index (χ2v) is 11.8. The lowest BCUT2D eigenvalue weighted by Crippen LogP contribution is -2.42. The predicted molar refractivity (Wildman–Crippen MR) is 134 cm³/mol. The van der Waals surface area contributed by atoms with Crippen molar-refractivity contribution in [2.75, 3.05) is 0 Å². The minimum Gasteiger partial charge on any atom is -0.391 e. The number of aliphatic hydroxyl groups is 1. The number of hydrogen-bond acceptors (Lipinski definition) is 5. The Bertz CT molecular complexity index is 1320.